The van der Waals surface area contributed by atoms with Crippen molar-refractivity contribution in [2.45, 2.75) is 10.8 Å². The molecule has 16 heavy (non-hydrogen) atoms. The Bertz CT molecular complexity index is 415. The quantitative estimate of drug-likeness (QED) is 0.811. The van der Waals surface area contributed by atoms with E-state index in [1.54, 1.807) is 24.0 Å². The first-order valence-electron chi connectivity index (χ1n) is 4.46. The van der Waals surface area contributed by atoms with Gasteiger partial charge < -0.3 is 0 Å². The molecule has 0 amide bonds. The summed E-state index contributed by atoms with van der Waals surface area (Å²) in [5, 5.41) is 9.12. The minimum absolute atomic E-state index is 0.413. The molecular weight excluding hydrogens is 310 g/mol. The van der Waals surface area contributed by atoms with Crippen molar-refractivity contribution < 1.29 is 0 Å². The maximum absolute atomic E-state index is 5.65. The SMILES string of the molecule is Clc1ccc(CSc2ccc(Br)cn2)nn1. The van der Waals surface area contributed by atoms with Crippen LogP contribution in [0.3, 0.4) is 0 Å². The molecule has 2 heterocycles. The van der Waals surface area contributed by atoms with Crippen molar-refractivity contribution >= 4 is 39.3 Å². The normalized spacial score (nSPS) is 10.4. The van der Waals surface area contributed by atoms with Gasteiger partial charge in [0.2, 0.25) is 0 Å². The van der Waals surface area contributed by atoms with E-state index in [-0.39, 0.29) is 0 Å². The molecular formula is C10H7BrClN3S. The van der Waals surface area contributed by atoms with Crippen LogP contribution in [0, 0.1) is 0 Å². The molecule has 6 heteroatoms. The van der Waals surface area contributed by atoms with Gasteiger partial charge in [-0.3, -0.25) is 0 Å². The number of hydrogen-bond donors (Lipinski definition) is 0. The van der Waals surface area contributed by atoms with Crippen LogP contribution in [0.15, 0.2) is 40.0 Å². The molecule has 0 saturated carbocycles. The van der Waals surface area contributed by atoms with Crippen molar-refractivity contribution in [1.82, 2.24) is 15.2 Å². The Balaban J connectivity index is 1.97. The topological polar surface area (TPSA) is 38.7 Å². The standard InChI is InChI=1S/C10H7BrClN3S/c11-7-1-4-10(13-5-7)16-6-8-2-3-9(12)15-14-8/h1-5H,6H2. The van der Waals surface area contributed by atoms with Gasteiger partial charge in [0, 0.05) is 16.4 Å². The fourth-order valence-corrected chi connectivity index (χ4v) is 2.09. The lowest BCUT2D eigenvalue weighted by atomic mass is 10.4. The van der Waals surface area contributed by atoms with Crippen LogP contribution in [0.5, 0.6) is 0 Å². The fourth-order valence-electron chi connectivity index (χ4n) is 1.02. The summed E-state index contributed by atoms with van der Waals surface area (Å²) >= 11 is 10.6. The Kier molecular flexibility index (Phi) is 4.15. The van der Waals surface area contributed by atoms with Gasteiger partial charge in [0.1, 0.15) is 0 Å². The van der Waals surface area contributed by atoms with E-state index >= 15 is 0 Å². The summed E-state index contributed by atoms with van der Waals surface area (Å²) in [6.45, 7) is 0. The number of halogens is 2. The number of rotatable bonds is 3. The Morgan fingerprint density at radius 2 is 2.06 bits per heavy atom. The molecule has 3 nitrogen and oxygen atoms in total. The average molecular weight is 317 g/mol. The molecule has 0 atom stereocenters. The fraction of sp³-hybridized carbons (Fsp3) is 0.100. The molecule has 0 unspecified atom stereocenters. The molecule has 82 valence electrons. The van der Waals surface area contributed by atoms with Crippen LogP contribution in [0.1, 0.15) is 5.69 Å². The van der Waals surface area contributed by atoms with Crippen molar-refractivity contribution in [2.24, 2.45) is 0 Å². The Morgan fingerprint density at radius 1 is 1.19 bits per heavy atom. The highest BCUT2D eigenvalue weighted by atomic mass is 79.9. The molecule has 2 rings (SSSR count). The highest BCUT2D eigenvalue weighted by Crippen LogP contribution is 2.21. The van der Waals surface area contributed by atoms with Gasteiger partial charge in [-0.1, -0.05) is 23.4 Å². The smallest absolute Gasteiger partial charge is 0.151 e. The summed E-state index contributed by atoms with van der Waals surface area (Å²) in [5.41, 5.74) is 0.888. The van der Waals surface area contributed by atoms with Crippen LogP contribution in [0.4, 0.5) is 0 Å². The summed E-state index contributed by atoms with van der Waals surface area (Å²) < 4.78 is 0.975. The van der Waals surface area contributed by atoms with Crippen LogP contribution >= 0.6 is 39.3 Å². The monoisotopic (exact) mass is 315 g/mol. The van der Waals surface area contributed by atoms with Crippen LogP contribution in [0.2, 0.25) is 5.15 Å². The number of hydrogen-bond acceptors (Lipinski definition) is 4. The van der Waals surface area contributed by atoms with Gasteiger partial charge in [-0.25, -0.2) is 4.98 Å². The lowest BCUT2D eigenvalue weighted by Gasteiger charge is -2.00. The van der Waals surface area contributed by atoms with Crippen LogP contribution in [0.25, 0.3) is 0 Å². The predicted molar refractivity (Wildman–Crippen MR) is 68.5 cm³/mol. The van der Waals surface area contributed by atoms with Crippen molar-refractivity contribution in [2.75, 3.05) is 0 Å². The number of thioether (sulfide) groups is 1. The molecule has 0 fully saturated rings. The van der Waals surface area contributed by atoms with Crippen molar-refractivity contribution in [3.8, 4) is 0 Å². The second kappa shape index (κ2) is 5.61. The summed E-state index contributed by atoms with van der Waals surface area (Å²) in [7, 11) is 0. The molecule has 0 radical (unpaired) electrons. The van der Waals surface area contributed by atoms with E-state index in [0.717, 1.165) is 20.9 Å². The highest BCUT2D eigenvalue weighted by Gasteiger charge is 1.99. The second-order valence-electron chi connectivity index (χ2n) is 2.95. The second-order valence-corrected chi connectivity index (χ2v) is 5.25. The third-order valence-electron chi connectivity index (χ3n) is 1.76. The molecule has 2 aromatic rings. The summed E-state index contributed by atoms with van der Waals surface area (Å²) in [6, 6.07) is 7.52. The number of pyridine rings is 1. The largest absolute Gasteiger partial charge is 0.249 e. The maximum Gasteiger partial charge on any atom is 0.151 e. The van der Waals surface area contributed by atoms with Gasteiger partial charge in [-0.05, 0) is 40.2 Å². The molecule has 0 spiro atoms. The molecule has 0 saturated heterocycles. The lowest BCUT2D eigenvalue weighted by Crippen LogP contribution is -1.90. The van der Waals surface area contributed by atoms with Crippen molar-refractivity contribution in [3.63, 3.8) is 0 Å². The number of aromatic nitrogens is 3. The third kappa shape index (κ3) is 3.43. The Morgan fingerprint density at radius 3 is 2.69 bits per heavy atom. The van der Waals surface area contributed by atoms with E-state index in [9.17, 15) is 0 Å². The predicted octanol–water partition coefficient (Wildman–Crippen LogP) is 3.58. The number of nitrogens with zero attached hydrogens (tertiary/aromatic N) is 3. The zero-order valence-corrected chi connectivity index (χ0v) is 11.3. The van der Waals surface area contributed by atoms with Gasteiger partial charge in [-0.2, -0.15) is 5.10 Å². The van der Waals surface area contributed by atoms with Crippen LogP contribution in [-0.4, -0.2) is 15.2 Å². The van der Waals surface area contributed by atoms with Gasteiger partial charge in [0.15, 0.2) is 5.15 Å². The van der Waals surface area contributed by atoms with E-state index in [0.29, 0.717) is 5.15 Å². The minimum atomic E-state index is 0.413. The van der Waals surface area contributed by atoms with E-state index in [2.05, 4.69) is 31.1 Å². The average Bonchev–Trinajstić information content (AvgIpc) is 2.30. The first-order chi connectivity index (χ1) is 7.74. The van der Waals surface area contributed by atoms with Gasteiger partial charge >= 0.3 is 0 Å². The molecule has 2 aromatic heterocycles. The van der Waals surface area contributed by atoms with Gasteiger partial charge in [-0.15, -0.1) is 5.10 Å². The molecule has 0 aromatic carbocycles. The van der Waals surface area contributed by atoms with Gasteiger partial charge in [0.25, 0.3) is 0 Å². The Labute approximate surface area is 111 Å². The first kappa shape index (κ1) is 11.8. The molecule has 0 aliphatic heterocycles. The van der Waals surface area contributed by atoms with Crippen LogP contribution < -0.4 is 0 Å². The lowest BCUT2D eigenvalue weighted by molar-refractivity contribution is 0.970. The highest BCUT2D eigenvalue weighted by molar-refractivity contribution is 9.10. The Hall–Kier alpha value is -0.650. The zero-order chi connectivity index (χ0) is 11.4. The maximum atomic E-state index is 5.65. The third-order valence-corrected chi connectivity index (χ3v) is 3.40. The summed E-state index contributed by atoms with van der Waals surface area (Å²) in [6.07, 6.45) is 1.77. The zero-order valence-electron chi connectivity index (χ0n) is 8.10. The van der Waals surface area contributed by atoms with Crippen molar-refractivity contribution in [3.05, 3.63) is 45.8 Å². The first-order valence-corrected chi connectivity index (χ1v) is 6.62. The molecule has 0 aliphatic carbocycles. The minimum Gasteiger partial charge on any atom is -0.249 e. The summed E-state index contributed by atoms with van der Waals surface area (Å²) in [4.78, 5) is 4.25. The summed E-state index contributed by atoms with van der Waals surface area (Å²) in [5.74, 6) is 0.735. The van der Waals surface area contributed by atoms with Gasteiger partial charge in [0.05, 0.1) is 10.7 Å². The molecule has 0 bridgehead atoms. The van der Waals surface area contributed by atoms with E-state index in [1.807, 2.05) is 18.2 Å². The van der Waals surface area contributed by atoms with E-state index in [1.165, 1.54) is 0 Å². The molecule has 0 N–H and O–H groups in total. The van der Waals surface area contributed by atoms with E-state index in [4.69, 9.17) is 11.6 Å². The van der Waals surface area contributed by atoms with E-state index < -0.39 is 0 Å². The molecule has 0 aliphatic rings. The van der Waals surface area contributed by atoms with Crippen LogP contribution in [-0.2, 0) is 5.75 Å². The van der Waals surface area contributed by atoms with Crippen molar-refractivity contribution in [1.29, 1.82) is 0 Å².